The smallest absolute Gasteiger partial charge is 0.171 e. The lowest BCUT2D eigenvalue weighted by atomic mass is 10.0. The normalized spacial score (nSPS) is 14.5. The molecule has 0 atom stereocenters. The molecule has 3 aromatic rings. The molecule has 0 aliphatic carbocycles. The highest BCUT2D eigenvalue weighted by atomic mass is 32.1. The number of rotatable bonds is 8. The average Bonchev–Trinajstić information content (AvgIpc) is 2.84. The Morgan fingerprint density at radius 3 is 2.75 bits per heavy atom. The quantitative estimate of drug-likeness (QED) is 0.400. The van der Waals surface area contributed by atoms with E-state index in [1.807, 2.05) is 6.92 Å². The number of thiocarbonyl (C=S) groups is 1. The summed E-state index contributed by atoms with van der Waals surface area (Å²) in [6.45, 7) is 9.00. The van der Waals surface area contributed by atoms with Crippen LogP contribution in [0.4, 0.5) is 11.5 Å². The summed E-state index contributed by atoms with van der Waals surface area (Å²) in [5, 5.41) is 9.65. The molecule has 32 heavy (non-hydrogen) atoms. The van der Waals surface area contributed by atoms with Crippen molar-refractivity contribution in [1.82, 2.24) is 20.2 Å². The number of anilines is 2. The summed E-state index contributed by atoms with van der Waals surface area (Å²) in [6, 6.07) is 14.7. The summed E-state index contributed by atoms with van der Waals surface area (Å²) < 4.78 is 5.48. The van der Waals surface area contributed by atoms with E-state index in [1.165, 1.54) is 16.3 Å². The molecule has 2 aromatic carbocycles. The van der Waals surface area contributed by atoms with E-state index in [0.717, 1.165) is 57.4 Å². The number of hydrogen-bond donors (Lipinski definition) is 2. The third kappa shape index (κ3) is 5.70. The number of hydrogen-bond acceptors (Lipinski definition) is 6. The molecule has 8 heteroatoms. The SMILES string of the molecule is CCOCCN1CCN(c2ncncc2NC(=S)NCc2cccc3ccccc23)CC1. The Labute approximate surface area is 194 Å². The van der Waals surface area contributed by atoms with Crippen LogP contribution in [0.2, 0.25) is 0 Å². The van der Waals surface area contributed by atoms with Gasteiger partial charge in [0.05, 0.1) is 12.8 Å². The molecule has 0 spiro atoms. The zero-order chi connectivity index (χ0) is 22.2. The Balaban J connectivity index is 1.34. The van der Waals surface area contributed by atoms with Crippen molar-refractivity contribution in [2.45, 2.75) is 13.5 Å². The van der Waals surface area contributed by atoms with E-state index in [2.05, 4.69) is 72.9 Å². The Hall–Kier alpha value is -2.81. The van der Waals surface area contributed by atoms with Gasteiger partial charge in [-0.2, -0.15) is 0 Å². The van der Waals surface area contributed by atoms with Gasteiger partial charge in [-0.3, -0.25) is 4.90 Å². The van der Waals surface area contributed by atoms with Crippen LogP contribution in [0.1, 0.15) is 12.5 Å². The van der Waals surface area contributed by atoms with Gasteiger partial charge in [0.15, 0.2) is 10.9 Å². The molecule has 2 N–H and O–H groups in total. The lowest BCUT2D eigenvalue weighted by Gasteiger charge is -2.36. The van der Waals surface area contributed by atoms with Crippen LogP contribution in [0.3, 0.4) is 0 Å². The van der Waals surface area contributed by atoms with Gasteiger partial charge in [-0.05, 0) is 35.5 Å². The fourth-order valence-electron chi connectivity index (χ4n) is 3.97. The maximum absolute atomic E-state index is 5.58. The summed E-state index contributed by atoms with van der Waals surface area (Å²) >= 11 is 5.58. The number of ether oxygens (including phenoxy) is 1. The minimum atomic E-state index is 0.560. The fraction of sp³-hybridized carbons (Fsp3) is 0.375. The molecule has 1 aliphatic rings. The monoisotopic (exact) mass is 450 g/mol. The van der Waals surface area contributed by atoms with Gasteiger partial charge in [-0.15, -0.1) is 0 Å². The number of piperazine rings is 1. The van der Waals surface area contributed by atoms with Crippen molar-refractivity contribution >= 4 is 39.6 Å². The second kappa shape index (κ2) is 11.2. The van der Waals surface area contributed by atoms with Crippen LogP contribution in [0.15, 0.2) is 55.0 Å². The summed E-state index contributed by atoms with van der Waals surface area (Å²) in [5.41, 5.74) is 2.03. The van der Waals surface area contributed by atoms with E-state index in [9.17, 15) is 0 Å². The first-order valence-corrected chi connectivity index (χ1v) is 11.5. The predicted octanol–water partition coefficient (Wildman–Crippen LogP) is 3.27. The van der Waals surface area contributed by atoms with Gasteiger partial charge in [-0.25, -0.2) is 9.97 Å². The largest absolute Gasteiger partial charge is 0.380 e. The van der Waals surface area contributed by atoms with Gasteiger partial charge < -0.3 is 20.3 Å². The average molecular weight is 451 g/mol. The van der Waals surface area contributed by atoms with Gasteiger partial charge in [0.25, 0.3) is 0 Å². The molecular formula is C24H30N6OS. The summed E-state index contributed by atoms with van der Waals surface area (Å²) in [4.78, 5) is 13.5. The molecule has 0 saturated carbocycles. The second-order valence-corrected chi connectivity index (χ2v) is 8.14. The first-order valence-electron chi connectivity index (χ1n) is 11.1. The summed E-state index contributed by atoms with van der Waals surface area (Å²) in [6.07, 6.45) is 3.38. The number of aromatic nitrogens is 2. The van der Waals surface area contributed by atoms with Gasteiger partial charge in [0.2, 0.25) is 0 Å². The molecule has 7 nitrogen and oxygen atoms in total. The number of nitrogens with one attached hydrogen (secondary N) is 2. The standard InChI is InChI=1S/C24H30N6OS/c1-2-31-15-14-29-10-12-30(13-11-29)23-22(17-25-18-27-23)28-24(32)26-16-20-8-5-7-19-6-3-4-9-21(19)20/h3-9,17-18H,2,10-16H2,1H3,(H2,26,28,32). The molecule has 0 amide bonds. The first-order chi connectivity index (χ1) is 15.7. The molecule has 0 bridgehead atoms. The van der Waals surface area contributed by atoms with E-state index in [4.69, 9.17) is 17.0 Å². The summed E-state index contributed by atoms with van der Waals surface area (Å²) in [7, 11) is 0. The van der Waals surface area contributed by atoms with Crippen molar-refractivity contribution in [3.63, 3.8) is 0 Å². The lowest BCUT2D eigenvalue weighted by Crippen LogP contribution is -2.48. The Kier molecular flexibility index (Phi) is 7.82. The molecule has 0 unspecified atom stereocenters. The Bertz CT molecular complexity index is 1030. The van der Waals surface area contributed by atoms with E-state index in [1.54, 1.807) is 12.5 Å². The maximum atomic E-state index is 5.58. The van der Waals surface area contributed by atoms with Crippen molar-refractivity contribution < 1.29 is 4.74 Å². The Morgan fingerprint density at radius 2 is 1.91 bits per heavy atom. The molecule has 1 aromatic heterocycles. The molecule has 1 aliphatic heterocycles. The molecule has 2 heterocycles. The highest BCUT2D eigenvalue weighted by molar-refractivity contribution is 7.80. The zero-order valence-corrected chi connectivity index (χ0v) is 19.3. The molecule has 1 saturated heterocycles. The van der Waals surface area contributed by atoms with Crippen molar-refractivity contribution in [2.75, 3.05) is 56.2 Å². The van der Waals surface area contributed by atoms with Gasteiger partial charge in [-0.1, -0.05) is 42.5 Å². The molecular weight excluding hydrogens is 420 g/mol. The van der Waals surface area contributed by atoms with E-state index < -0.39 is 0 Å². The van der Waals surface area contributed by atoms with Crippen LogP contribution in [-0.2, 0) is 11.3 Å². The van der Waals surface area contributed by atoms with E-state index in [-0.39, 0.29) is 0 Å². The van der Waals surface area contributed by atoms with Crippen LogP contribution < -0.4 is 15.5 Å². The zero-order valence-electron chi connectivity index (χ0n) is 18.5. The topological polar surface area (TPSA) is 65.5 Å². The van der Waals surface area contributed by atoms with Crippen LogP contribution in [0, 0.1) is 0 Å². The van der Waals surface area contributed by atoms with Crippen LogP contribution in [0.5, 0.6) is 0 Å². The first kappa shape index (κ1) is 22.4. The summed E-state index contributed by atoms with van der Waals surface area (Å²) in [5.74, 6) is 0.888. The number of nitrogens with zero attached hydrogens (tertiary/aromatic N) is 4. The predicted molar refractivity (Wildman–Crippen MR) is 134 cm³/mol. The number of fused-ring (bicyclic) bond motifs is 1. The van der Waals surface area contributed by atoms with Gasteiger partial charge >= 0.3 is 0 Å². The van der Waals surface area contributed by atoms with Crippen LogP contribution in [0.25, 0.3) is 10.8 Å². The third-order valence-electron chi connectivity index (χ3n) is 5.69. The van der Waals surface area contributed by atoms with Gasteiger partial charge in [0, 0.05) is 45.9 Å². The second-order valence-electron chi connectivity index (χ2n) is 7.73. The van der Waals surface area contributed by atoms with Crippen molar-refractivity contribution in [1.29, 1.82) is 0 Å². The minimum Gasteiger partial charge on any atom is -0.380 e. The maximum Gasteiger partial charge on any atom is 0.171 e. The molecule has 168 valence electrons. The van der Waals surface area contributed by atoms with E-state index >= 15 is 0 Å². The number of benzene rings is 2. The Morgan fingerprint density at radius 1 is 1.09 bits per heavy atom. The van der Waals surface area contributed by atoms with Gasteiger partial charge in [0.1, 0.15) is 12.0 Å². The highest BCUT2D eigenvalue weighted by Crippen LogP contribution is 2.23. The van der Waals surface area contributed by atoms with Crippen LogP contribution >= 0.6 is 12.2 Å². The molecule has 0 radical (unpaired) electrons. The van der Waals surface area contributed by atoms with E-state index in [0.29, 0.717) is 11.7 Å². The van der Waals surface area contributed by atoms with Crippen molar-refractivity contribution in [3.8, 4) is 0 Å². The molecule has 4 rings (SSSR count). The lowest BCUT2D eigenvalue weighted by molar-refractivity contribution is 0.111. The van der Waals surface area contributed by atoms with Crippen molar-refractivity contribution in [2.24, 2.45) is 0 Å². The molecule has 1 fully saturated rings. The minimum absolute atomic E-state index is 0.560. The fourth-order valence-corrected chi connectivity index (χ4v) is 4.16. The van der Waals surface area contributed by atoms with Crippen LogP contribution in [-0.4, -0.2) is 65.9 Å². The third-order valence-corrected chi connectivity index (χ3v) is 5.93. The highest BCUT2D eigenvalue weighted by Gasteiger charge is 2.20. The van der Waals surface area contributed by atoms with Crippen molar-refractivity contribution in [3.05, 3.63) is 60.6 Å².